The molecule has 1 saturated heterocycles. The molecule has 0 spiro atoms. The minimum absolute atomic E-state index is 0.133. The number of hydrogen-bond acceptors (Lipinski definition) is 5. The van der Waals surface area contributed by atoms with Crippen molar-refractivity contribution in [1.29, 1.82) is 0 Å². The molecule has 0 bridgehead atoms. The van der Waals surface area contributed by atoms with Gasteiger partial charge in [0.05, 0.1) is 5.69 Å². The van der Waals surface area contributed by atoms with Crippen molar-refractivity contribution in [2.75, 3.05) is 30.8 Å². The summed E-state index contributed by atoms with van der Waals surface area (Å²) in [6.45, 7) is 2.17. The van der Waals surface area contributed by atoms with Crippen LogP contribution >= 0.6 is 23.1 Å². The molecule has 23 heavy (non-hydrogen) atoms. The number of carbonyl (C=O) groups is 1. The first-order valence-electron chi connectivity index (χ1n) is 7.44. The Hall–Kier alpha value is -1.60. The first-order valence-corrected chi connectivity index (χ1v) is 9.55. The van der Waals surface area contributed by atoms with Gasteiger partial charge in [-0.2, -0.15) is 0 Å². The van der Waals surface area contributed by atoms with E-state index in [2.05, 4.69) is 10.3 Å². The third kappa shape index (κ3) is 3.84. The topological polar surface area (TPSA) is 45.2 Å². The second-order valence-electron chi connectivity index (χ2n) is 5.46. The number of halogens is 1. The Morgan fingerprint density at radius 3 is 3.09 bits per heavy atom. The van der Waals surface area contributed by atoms with E-state index in [-0.39, 0.29) is 11.7 Å². The number of hydrogen-bond donors (Lipinski definition) is 1. The maximum atomic E-state index is 13.8. The van der Waals surface area contributed by atoms with E-state index in [4.69, 9.17) is 0 Å². The molecule has 1 aromatic carbocycles. The van der Waals surface area contributed by atoms with Crippen molar-refractivity contribution in [3.8, 4) is 0 Å². The van der Waals surface area contributed by atoms with E-state index in [0.29, 0.717) is 23.8 Å². The average Bonchev–Trinajstić information content (AvgIpc) is 3.22. The number of aromatic nitrogens is 1. The van der Waals surface area contributed by atoms with E-state index in [1.807, 2.05) is 17.2 Å². The Kier molecular flexibility index (Phi) is 5.17. The molecule has 7 heteroatoms. The number of anilines is 1. The van der Waals surface area contributed by atoms with Gasteiger partial charge in [-0.3, -0.25) is 4.79 Å². The van der Waals surface area contributed by atoms with Crippen molar-refractivity contribution in [3.63, 3.8) is 0 Å². The van der Waals surface area contributed by atoms with Gasteiger partial charge in [0.15, 0.2) is 0 Å². The molecule has 122 valence electrons. The molecule has 0 aliphatic carbocycles. The molecule has 1 amide bonds. The third-order valence-electron chi connectivity index (χ3n) is 3.92. The van der Waals surface area contributed by atoms with Gasteiger partial charge in [-0.1, -0.05) is 23.9 Å². The maximum absolute atomic E-state index is 13.8. The number of benzene rings is 1. The van der Waals surface area contributed by atoms with Crippen molar-refractivity contribution < 1.29 is 9.18 Å². The standard InChI is InChI=1S/C16H18FN3OS2/c1-22-16-19-13(10-23-16)15(21)18-8-11-6-7-20(9-11)14-5-3-2-4-12(14)17/h2-5,10-11H,6-9H2,1H3,(H,18,21). The Morgan fingerprint density at radius 2 is 2.35 bits per heavy atom. The fourth-order valence-electron chi connectivity index (χ4n) is 2.71. The molecular formula is C16H18FN3OS2. The van der Waals surface area contributed by atoms with Gasteiger partial charge in [0, 0.05) is 25.0 Å². The molecule has 1 unspecified atom stereocenters. The monoisotopic (exact) mass is 351 g/mol. The summed E-state index contributed by atoms with van der Waals surface area (Å²) in [6, 6.07) is 6.83. The van der Waals surface area contributed by atoms with E-state index < -0.39 is 0 Å². The number of nitrogens with zero attached hydrogens (tertiary/aromatic N) is 2. The zero-order valence-corrected chi connectivity index (χ0v) is 14.4. The van der Waals surface area contributed by atoms with Crippen LogP contribution in [0.1, 0.15) is 16.9 Å². The van der Waals surface area contributed by atoms with Gasteiger partial charge in [-0.25, -0.2) is 9.37 Å². The molecule has 1 fully saturated rings. The summed E-state index contributed by atoms with van der Waals surface area (Å²) in [5.74, 6) is 0.00681. The summed E-state index contributed by atoms with van der Waals surface area (Å²) in [5.41, 5.74) is 1.12. The van der Waals surface area contributed by atoms with Crippen LogP contribution in [0.15, 0.2) is 34.0 Å². The highest BCUT2D eigenvalue weighted by atomic mass is 32.2. The molecular weight excluding hydrogens is 333 g/mol. The van der Waals surface area contributed by atoms with Gasteiger partial charge in [-0.05, 0) is 30.7 Å². The van der Waals surface area contributed by atoms with Crippen molar-refractivity contribution >= 4 is 34.7 Å². The third-order valence-corrected chi connectivity index (χ3v) is 5.78. The maximum Gasteiger partial charge on any atom is 0.270 e. The predicted molar refractivity (Wildman–Crippen MR) is 92.9 cm³/mol. The minimum Gasteiger partial charge on any atom is -0.369 e. The smallest absolute Gasteiger partial charge is 0.270 e. The van der Waals surface area contributed by atoms with Crippen LogP contribution in [0.4, 0.5) is 10.1 Å². The Balaban J connectivity index is 1.52. The van der Waals surface area contributed by atoms with Crippen LogP contribution in [0.5, 0.6) is 0 Å². The van der Waals surface area contributed by atoms with Gasteiger partial charge >= 0.3 is 0 Å². The summed E-state index contributed by atoms with van der Waals surface area (Å²) in [4.78, 5) is 18.4. The highest BCUT2D eigenvalue weighted by Crippen LogP contribution is 2.26. The van der Waals surface area contributed by atoms with Gasteiger partial charge in [0.1, 0.15) is 15.9 Å². The second-order valence-corrected chi connectivity index (χ2v) is 7.38. The lowest BCUT2D eigenvalue weighted by Gasteiger charge is -2.19. The molecule has 0 radical (unpaired) electrons. The molecule has 2 aromatic rings. The number of nitrogens with one attached hydrogen (secondary N) is 1. The number of para-hydroxylation sites is 1. The summed E-state index contributed by atoms with van der Waals surface area (Å²) < 4.78 is 14.7. The number of amides is 1. The number of thioether (sulfide) groups is 1. The van der Waals surface area contributed by atoms with Crippen LogP contribution in [0.25, 0.3) is 0 Å². The van der Waals surface area contributed by atoms with E-state index >= 15 is 0 Å². The number of thiazole rings is 1. The quantitative estimate of drug-likeness (QED) is 0.840. The molecule has 0 saturated carbocycles. The fraction of sp³-hybridized carbons (Fsp3) is 0.375. The van der Waals surface area contributed by atoms with Crippen LogP contribution in [0.2, 0.25) is 0 Å². The van der Waals surface area contributed by atoms with E-state index in [9.17, 15) is 9.18 Å². The summed E-state index contributed by atoms with van der Waals surface area (Å²) in [5, 5.41) is 4.72. The van der Waals surface area contributed by atoms with E-state index in [1.165, 1.54) is 29.2 Å². The molecule has 4 nitrogen and oxygen atoms in total. The van der Waals surface area contributed by atoms with Crippen LogP contribution in [0.3, 0.4) is 0 Å². The van der Waals surface area contributed by atoms with Crippen molar-refractivity contribution in [2.24, 2.45) is 5.92 Å². The van der Waals surface area contributed by atoms with Gasteiger partial charge in [0.2, 0.25) is 0 Å². The highest BCUT2D eigenvalue weighted by Gasteiger charge is 2.25. The molecule has 1 aromatic heterocycles. The molecule has 3 rings (SSSR count). The minimum atomic E-state index is -0.191. The van der Waals surface area contributed by atoms with Gasteiger partial charge < -0.3 is 10.2 Å². The number of rotatable bonds is 5. The Bertz CT molecular complexity index is 691. The molecule has 1 aliphatic rings. The zero-order chi connectivity index (χ0) is 16.2. The Morgan fingerprint density at radius 1 is 1.52 bits per heavy atom. The first kappa shape index (κ1) is 16.3. The fourth-order valence-corrected chi connectivity index (χ4v) is 3.95. The van der Waals surface area contributed by atoms with E-state index in [1.54, 1.807) is 17.5 Å². The summed E-state index contributed by atoms with van der Waals surface area (Å²) >= 11 is 3.01. The largest absolute Gasteiger partial charge is 0.369 e. The lowest BCUT2D eigenvalue weighted by molar-refractivity contribution is 0.0943. The molecule has 2 heterocycles. The van der Waals surface area contributed by atoms with Crippen molar-refractivity contribution in [3.05, 3.63) is 41.2 Å². The summed E-state index contributed by atoms with van der Waals surface area (Å²) in [7, 11) is 0. The van der Waals surface area contributed by atoms with Crippen molar-refractivity contribution in [1.82, 2.24) is 10.3 Å². The lowest BCUT2D eigenvalue weighted by Crippen LogP contribution is -2.31. The average molecular weight is 351 g/mol. The van der Waals surface area contributed by atoms with Crippen LogP contribution in [0, 0.1) is 11.7 Å². The molecule has 1 atom stereocenters. The predicted octanol–water partition coefficient (Wildman–Crippen LogP) is 3.26. The number of carbonyl (C=O) groups excluding carboxylic acids is 1. The van der Waals surface area contributed by atoms with Gasteiger partial charge in [-0.15, -0.1) is 11.3 Å². The normalized spacial score (nSPS) is 17.5. The van der Waals surface area contributed by atoms with E-state index in [0.717, 1.165) is 23.8 Å². The highest BCUT2D eigenvalue weighted by molar-refractivity contribution is 8.00. The van der Waals surface area contributed by atoms with Crippen molar-refractivity contribution in [2.45, 2.75) is 10.8 Å². The second kappa shape index (κ2) is 7.31. The van der Waals surface area contributed by atoms with Gasteiger partial charge in [0.25, 0.3) is 5.91 Å². The molecule has 1 aliphatic heterocycles. The lowest BCUT2D eigenvalue weighted by atomic mass is 10.1. The Labute approximate surface area is 143 Å². The van der Waals surface area contributed by atoms with Crippen LogP contribution < -0.4 is 10.2 Å². The molecule has 1 N–H and O–H groups in total. The first-order chi connectivity index (χ1) is 11.2. The zero-order valence-electron chi connectivity index (χ0n) is 12.8. The van der Waals surface area contributed by atoms with Crippen LogP contribution in [-0.2, 0) is 0 Å². The van der Waals surface area contributed by atoms with Crippen LogP contribution in [-0.4, -0.2) is 36.8 Å². The SMILES string of the molecule is CSc1nc(C(=O)NCC2CCN(c3ccccc3F)C2)cs1. The summed E-state index contributed by atoms with van der Waals surface area (Å²) in [6.07, 6.45) is 2.89.